The van der Waals surface area contributed by atoms with Crippen LogP contribution in [0.25, 0.3) is 0 Å². The van der Waals surface area contributed by atoms with Gasteiger partial charge in [0.1, 0.15) is 0 Å². The Hall–Kier alpha value is -1.84. The molecular weight excluding hydrogens is 252 g/mol. The van der Waals surface area contributed by atoms with E-state index in [1.165, 1.54) is 5.56 Å². The summed E-state index contributed by atoms with van der Waals surface area (Å²) in [6, 6.07) is 7.97. The standard InChI is InChI=1S/C16H22N2O2/c1-12-4-6-13(7-5-12)10-14(19)18-9-3-8-16(2,11-18)15(17)20/h4-7H,3,8-11H2,1-2H3,(H2,17,20). The van der Waals surface area contributed by atoms with Crippen molar-refractivity contribution in [3.63, 3.8) is 0 Å². The van der Waals surface area contributed by atoms with Crippen molar-refractivity contribution in [3.8, 4) is 0 Å². The molecule has 1 aromatic rings. The Balaban J connectivity index is 2.02. The van der Waals surface area contributed by atoms with E-state index < -0.39 is 5.41 Å². The Bertz CT molecular complexity index is 510. The number of amides is 2. The molecule has 4 heteroatoms. The number of aryl methyl sites for hydroxylation is 1. The van der Waals surface area contributed by atoms with E-state index in [9.17, 15) is 9.59 Å². The smallest absolute Gasteiger partial charge is 0.227 e. The summed E-state index contributed by atoms with van der Waals surface area (Å²) >= 11 is 0. The number of carbonyl (C=O) groups excluding carboxylic acids is 2. The molecule has 20 heavy (non-hydrogen) atoms. The van der Waals surface area contributed by atoms with Crippen LogP contribution < -0.4 is 5.73 Å². The van der Waals surface area contributed by atoms with Crippen molar-refractivity contribution in [3.05, 3.63) is 35.4 Å². The highest BCUT2D eigenvalue weighted by Crippen LogP contribution is 2.29. The van der Waals surface area contributed by atoms with Crippen molar-refractivity contribution in [2.45, 2.75) is 33.1 Å². The van der Waals surface area contributed by atoms with Crippen LogP contribution in [0, 0.1) is 12.3 Å². The zero-order valence-corrected chi connectivity index (χ0v) is 12.2. The number of carbonyl (C=O) groups is 2. The summed E-state index contributed by atoms with van der Waals surface area (Å²) in [5, 5.41) is 0. The number of hydrogen-bond acceptors (Lipinski definition) is 2. The molecule has 1 aromatic carbocycles. The number of benzene rings is 1. The summed E-state index contributed by atoms with van der Waals surface area (Å²) < 4.78 is 0. The van der Waals surface area contributed by atoms with E-state index in [0.717, 1.165) is 18.4 Å². The summed E-state index contributed by atoms with van der Waals surface area (Å²) in [5.41, 5.74) is 7.06. The first-order valence-corrected chi connectivity index (χ1v) is 7.04. The van der Waals surface area contributed by atoms with Gasteiger partial charge in [0, 0.05) is 13.1 Å². The van der Waals surface area contributed by atoms with Crippen molar-refractivity contribution in [2.75, 3.05) is 13.1 Å². The Morgan fingerprint density at radius 3 is 2.55 bits per heavy atom. The molecule has 1 atom stereocenters. The van der Waals surface area contributed by atoms with Crippen molar-refractivity contribution >= 4 is 11.8 Å². The molecule has 108 valence electrons. The van der Waals surface area contributed by atoms with Crippen LogP contribution in [0.4, 0.5) is 0 Å². The van der Waals surface area contributed by atoms with Gasteiger partial charge in [-0.25, -0.2) is 0 Å². The SMILES string of the molecule is Cc1ccc(CC(=O)N2CCCC(C)(C(N)=O)C2)cc1. The quantitative estimate of drug-likeness (QED) is 0.911. The number of primary amides is 1. The van der Waals surface area contributed by atoms with E-state index in [4.69, 9.17) is 5.73 Å². The molecule has 1 aliphatic rings. The second-order valence-corrected chi connectivity index (χ2v) is 6.01. The summed E-state index contributed by atoms with van der Waals surface area (Å²) in [5.74, 6) is -0.244. The van der Waals surface area contributed by atoms with Crippen LogP contribution in [0.1, 0.15) is 30.9 Å². The van der Waals surface area contributed by atoms with Crippen molar-refractivity contribution < 1.29 is 9.59 Å². The molecule has 1 aliphatic heterocycles. The molecule has 2 amide bonds. The normalized spacial score (nSPS) is 22.6. The Morgan fingerprint density at radius 1 is 1.30 bits per heavy atom. The Labute approximate surface area is 119 Å². The number of rotatable bonds is 3. The van der Waals surface area contributed by atoms with Gasteiger partial charge >= 0.3 is 0 Å². The first kappa shape index (κ1) is 14.6. The highest BCUT2D eigenvalue weighted by atomic mass is 16.2. The molecular formula is C16H22N2O2. The van der Waals surface area contributed by atoms with Crippen LogP contribution in [0.2, 0.25) is 0 Å². The van der Waals surface area contributed by atoms with E-state index in [0.29, 0.717) is 19.5 Å². The first-order chi connectivity index (χ1) is 9.40. The second kappa shape index (κ2) is 5.65. The minimum Gasteiger partial charge on any atom is -0.369 e. The molecule has 1 unspecified atom stereocenters. The number of nitrogens with two attached hydrogens (primary N) is 1. The monoisotopic (exact) mass is 274 g/mol. The maximum atomic E-state index is 12.3. The molecule has 0 spiro atoms. The second-order valence-electron chi connectivity index (χ2n) is 6.01. The van der Waals surface area contributed by atoms with E-state index in [-0.39, 0.29) is 11.8 Å². The minimum atomic E-state index is -0.582. The van der Waals surface area contributed by atoms with Gasteiger partial charge in [0.15, 0.2) is 0 Å². The Kier molecular flexibility index (Phi) is 4.12. The predicted octanol–water partition coefficient (Wildman–Crippen LogP) is 1.65. The molecule has 0 radical (unpaired) electrons. The van der Waals surface area contributed by atoms with Crippen LogP contribution in [-0.4, -0.2) is 29.8 Å². The molecule has 0 bridgehead atoms. The highest BCUT2D eigenvalue weighted by molar-refractivity contribution is 5.83. The van der Waals surface area contributed by atoms with Crippen LogP contribution in [-0.2, 0) is 16.0 Å². The lowest BCUT2D eigenvalue weighted by Gasteiger charge is -2.38. The molecule has 1 heterocycles. The van der Waals surface area contributed by atoms with Crippen LogP contribution in [0.5, 0.6) is 0 Å². The van der Waals surface area contributed by atoms with Gasteiger partial charge in [-0.3, -0.25) is 9.59 Å². The van der Waals surface area contributed by atoms with Crippen LogP contribution in [0.15, 0.2) is 24.3 Å². The van der Waals surface area contributed by atoms with Gasteiger partial charge in [0.25, 0.3) is 0 Å². The number of piperidine rings is 1. The summed E-state index contributed by atoms with van der Waals surface area (Å²) in [6.07, 6.45) is 1.98. The van der Waals surface area contributed by atoms with Crippen molar-refractivity contribution in [1.82, 2.24) is 4.90 Å². The largest absolute Gasteiger partial charge is 0.369 e. The fourth-order valence-electron chi connectivity index (χ4n) is 2.65. The van der Waals surface area contributed by atoms with Crippen molar-refractivity contribution in [2.24, 2.45) is 11.1 Å². The number of nitrogens with zero attached hydrogens (tertiary/aromatic N) is 1. The third-order valence-corrected chi connectivity index (χ3v) is 4.12. The third-order valence-electron chi connectivity index (χ3n) is 4.12. The summed E-state index contributed by atoms with van der Waals surface area (Å²) in [6.45, 7) is 5.02. The molecule has 2 N–H and O–H groups in total. The molecule has 1 fully saturated rings. The van der Waals surface area contributed by atoms with Gasteiger partial charge < -0.3 is 10.6 Å². The van der Waals surface area contributed by atoms with Gasteiger partial charge in [-0.1, -0.05) is 29.8 Å². The van der Waals surface area contributed by atoms with Gasteiger partial charge in [-0.15, -0.1) is 0 Å². The van der Waals surface area contributed by atoms with Gasteiger partial charge in [0.2, 0.25) is 11.8 Å². The molecule has 0 saturated carbocycles. The van der Waals surface area contributed by atoms with E-state index in [2.05, 4.69) is 0 Å². The lowest BCUT2D eigenvalue weighted by molar-refractivity contribution is -0.138. The third kappa shape index (κ3) is 3.18. The number of likely N-dealkylation sites (tertiary alicyclic amines) is 1. The maximum Gasteiger partial charge on any atom is 0.227 e. The molecule has 2 rings (SSSR count). The average molecular weight is 274 g/mol. The number of hydrogen-bond donors (Lipinski definition) is 1. The van der Waals surface area contributed by atoms with Crippen LogP contribution in [0.3, 0.4) is 0 Å². The first-order valence-electron chi connectivity index (χ1n) is 7.04. The molecule has 4 nitrogen and oxygen atoms in total. The minimum absolute atomic E-state index is 0.0704. The molecule has 0 aromatic heterocycles. The van der Waals surface area contributed by atoms with Gasteiger partial charge in [-0.05, 0) is 32.3 Å². The van der Waals surface area contributed by atoms with Gasteiger partial charge in [0.05, 0.1) is 11.8 Å². The summed E-state index contributed by atoms with van der Waals surface area (Å²) in [7, 11) is 0. The van der Waals surface area contributed by atoms with E-state index in [1.54, 1.807) is 4.90 Å². The molecule has 0 aliphatic carbocycles. The summed E-state index contributed by atoms with van der Waals surface area (Å²) in [4.78, 5) is 25.6. The predicted molar refractivity (Wildman–Crippen MR) is 78.0 cm³/mol. The lowest BCUT2D eigenvalue weighted by Crippen LogP contribution is -2.50. The fraction of sp³-hybridized carbons (Fsp3) is 0.500. The van der Waals surface area contributed by atoms with E-state index >= 15 is 0 Å². The zero-order chi connectivity index (χ0) is 14.8. The van der Waals surface area contributed by atoms with Crippen molar-refractivity contribution in [1.29, 1.82) is 0 Å². The van der Waals surface area contributed by atoms with E-state index in [1.807, 2.05) is 38.1 Å². The molecule has 1 saturated heterocycles. The maximum absolute atomic E-state index is 12.3. The fourth-order valence-corrected chi connectivity index (χ4v) is 2.65. The lowest BCUT2D eigenvalue weighted by atomic mass is 9.81. The van der Waals surface area contributed by atoms with Crippen LogP contribution >= 0.6 is 0 Å². The zero-order valence-electron chi connectivity index (χ0n) is 12.2. The highest BCUT2D eigenvalue weighted by Gasteiger charge is 2.37. The Morgan fingerprint density at radius 2 is 1.95 bits per heavy atom. The average Bonchev–Trinajstić information content (AvgIpc) is 2.41. The topological polar surface area (TPSA) is 63.4 Å². The van der Waals surface area contributed by atoms with Gasteiger partial charge in [-0.2, -0.15) is 0 Å².